The van der Waals surface area contributed by atoms with Gasteiger partial charge >= 0.3 is 0 Å². The zero-order valence-corrected chi connectivity index (χ0v) is 10.8. The lowest BCUT2D eigenvalue weighted by atomic mass is 10.0. The van der Waals surface area contributed by atoms with Crippen LogP contribution >= 0.6 is 11.3 Å². The first-order valence-electron chi connectivity index (χ1n) is 5.76. The number of nitrogens with two attached hydrogens (primary N) is 1. The predicted molar refractivity (Wildman–Crippen MR) is 74.6 cm³/mol. The molecular weight excluding hydrogens is 242 g/mol. The zero-order chi connectivity index (χ0) is 12.5. The van der Waals surface area contributed by atoms with E-state index in [2.05, 4.69) is 33.5 Å². The number of thiophene rings is 1. The van der Waals surface area contributed by atoms with Gasteiger partial charge < -0.3 is 5.73 Å². The number of hydrogen-bond acceptors (Lipinski definition) is 4. The summed E-state index contributed by atoms with van der Waals surface area (Å²) in [6.45, 7) is 1.92. The zero-order valence-electron chi connectivity index (χ0n) is 10.00. The van der Waals surface area contributed by atoms with Crippen LogP contribution in [-0.2, 0) is 0 Å². The van der Waals surface area contributed by atoms with E-state index in [1.807, 2.05) is 13.0 Å². The van der Waals surface area contributed by atoms with Gasteiger partial charge in [-0.05, 0) is 29.3 Å². The maximum atomic E-state index is 6.30. The van der Waals surface area contributed by atoms with Crippen LogP contribution in [0, 0.1) is 6.92 Å². The Morgan fingerprint density at radius 2 is 2.06 bits per heavy atom. The van der Waals surface area contributed by atoms with Crippen molar-refractivity contribution in [3.63, 3.8) is 0 Å². The summed E-state index contributed by atoms with van der Waals surface area (Å²) in [5, 5.41) is 3.31. The summed E-state index contributed by atoms with van der Waals surface area (Å²) in [4.78, 5) is 8.62. The monoisotopic (exact) mass is 255 g/mol. The van der Waals surface area contributed by atoms with Gasteiger partial charge in [-0.25, -0.2) is 0 Å². The minimum absolute atomic E-state index is 0.222. The Hall–Kier alpha value is -1.78. The molecule has 0 spiro atoms. The fraction of sp³-hybridized carbons (Fsp3) is 0.143. The van der Waals surface area contributed by atoms with E-state index in [-0.39, 0.29) is 6.04 Å². The molecule has 0 aliphatic rings. The summed E-state index contributed by atoms with van der Waals surface area (Å²) < 4.78 is 1.23. The van der Waals surface area contributed by atoms with Crippen molar-refractivity contribution in [3.05, 3.63) is 59.0 Å². The van der Waals surface area contributed by atoms with Crippen LogP contribution in [0.15, 0.2) is 42.0 Å². The average molecular weight is 255 g/mol. The molecule has 3 nitrogen and oxygen atoms in total. The third-order valence-electron chi connectivity index (χ3n) is 2.96. The molecule has 1 aromatic carbocycles. The van der Waals surface area contributed by atoms with Gasteiger partial charge in [0.25, 0.3) is 0 Å². The van der Waals surface area contributed by atoms with Crippen molar-refractivity contribution < 1.29 is 0 Å². The van der Waals surface area contributed by atoms with Gasteiger partial charge in [0.05, 0.1) is 23.6 Å². The minimum atomic E-state index is -0.222. The van der Waals surface area contributed by atoms with E-state index in [0.29, 0.717) is 0 Å². The molecule has 3 aromatic rings. The van der Waals surface area contributed by atoms with E-state index in [1.165, 1.54) is 10.1 Å². The average Bonchev–Trinajstić information content (AvgIpc) is 2.87. The van der Waals surface area contributed by atoms with Crippen LogP contribution in [0.25, 0.3) is 10.1 Å². The molecule has 0 amide bonds. The second-order valence-corrected chi connectivity index (χ2v) is 5.16. The first kappa shape index (κ1) is 11.3. The molecule has 0 saturated carbocycles. The Bertz CT molecular complexity index is 673. The quantitative estimate of drug-likeness (QED) is 0.765. The molecule has 2 heterocycles. The molecule has 18 heavy (non-hydrogen) atoms. The standard InChI is InChI=1S/C14H13N3S/c1-9-7-17-12(8-16-9)13(15)11-4-2-3-10-5-6-18-14(10)11/h2-8,13H,15H2,1H3. The van der Waals surface area contributed by atoms with Gasteiger partial charge in [0.15, 0.2) is 0 Å². The largest absolute Gasteiger partial charge is 0.319 e. The maximum absolute atomic E-state index is 6.30. The molecule has 0 bridgehead atoms. The molecule has 0 aliphatic heterocycles. The Balaban J connectivity index is 2.08. The minimum Gasteiger partial charge on any atom is -0.319 e. The van der Waals surface area contributed by atoms with Gasteiger partial charge in [0.1, 0.15) is 0 Å². The highest BCUT2D eigenvalue weighted by Crippen LogP contribution is 2.30. The fourth-order valence-corrected chi connectivity index (χ4v) is 2.94. The van der Waals surface area contributed by atoms with E-state index in [0.717, 1.165) is 17.0 Å². The predicted octanol–water partition coefficient (Wildman–Crippen LogP) is 3.05. The number of benzene rings is 1. The molecule has 4 heteroatoms. The molecule has 90 valence electrons. The highest BCUT2D eigenvalue weighted by Gasteiger charge is 2.14. The van der Waals surface area contributed by atoms with Gasteiger partial charge in [0.2, 0.25) is 0 Å². The van der Waals surface area contributed by atoms with Crippen molar-refractivity contribution in [1.29, 1.82) is 0 Å². The number of hydrogen-bond donors (Lipinski definition) is 1. The normalized spacial score (nSPS) is 12.8. The molecule has 0 aliphatic carbocycles. The topological polar surface area (TPSA) is 51.8 Å². The van der Waals surface area contributed by atoms with Gasteiger partial charge in [-0.15, -0.1) is 11.3 Å². The summed E-state index contributed by atoms with van der Waals surface area (Å²) in [6.07, 6.45) is 3.51. The van der Waals surface area contributed by atoms with Gasteiger partial charge in [-0.3, -0.25) is 9.97 Å². The summed E-state index contributed by atoms with van der Waals surface area (Å²) in [5.74, 6) is 0. The van der Waals surface area contributed by atoms with Crippen LogP contribution in [-0.4, -0.2) is 9.97 Å². The third kappa shape index (κ3) is 1.89. The van der Waals surface area contributed by atoms with E-state index in [1.54, 1.807) is 23.7 Å². The van der Waals surface area contributed by atoms with Crippen LogP contribution in [0.1, 0.15) is 23.0 Å². The lowest BCUT2D eigenvalue weighted by molar-refractivity contribution is 0.821. The third-order valence-corrected chi connectivity index (χ3v) is 3.94. The highest BCUT2D eigenvalue weighted by atomic mass is 32.1. The fourth-order valence-electron chi connectivity index (χ4n) is 1.98. The smallest absolute Gasteiger partial charge is 0.0800 e. The molecular formula is C14H13N3S. The van der Waals surface area contributed by atoms with Crippen LogP contribution in [0.4, 0.5) is 0 Å². The number of aromatic nitrogens is 2. The second kappa shape index (κ2) is 4.48. The maximum Gasteiger partial charge on any atom is 0.0800 e. The van der Waals surface area contributed by atoms with Crippen LogP contribution in [0.5, 0.6) is 0 Å². The Labute approximate surface area is 109 Å². The Morgan fingerprint density at radius 1 is 1.17 bits per heavy atom. The lowest BCUT2D eigenvalue weighted by Gasteiger charge is -2.12. The van der Waals surface area contributed by atoms with Crippen LogP contribution < -0.4 is 5.73 Å². The molecule has 2 N–H and O–H groups in total. The molecule has 1 atom stereocenters. The summed E-state index contributed by atoms with van der Waals surface area (Å²) in [5.41, 5.74) is 9.12. The van der Waals surface area contributed by atoms with E-state index in [9.17, 15) is 0 Å². The van der Waals surface area contributed by atoms with Crippen molar-refractivity contribution in [2.45, 2.75) is 13.0 Å². The molecule has 2 aromatic heterocycles. The number of aryl methyl sites for hydroxylation is 1. The first-order chi connectivity index (χ1) is 8.75. The molecule has 0 radical (unpaired) electrons. The Kier molecular flexibility index (Phi) is 2.81. The van der Waals surface area contributed by atoms with Crippen molar-refractivity contribution in [1.82, 2.24) is 9.97 Å². The second-order valence-electron chi connectivity index (χ2n) is 4.25. The van der Waals surface area contributed by atoms with Crippen molar-refractivity contribution >= 4 is 21.4 Å². The Morgan fingerprint density at radius 3 is 2.83 bits per heavy atom. The number of rotatable bonds is 2. The molecule has 3 rings (SSSR count). The summed E-state index contributed by atoms with van der Waals surface area (Å²) in [7, 11) is 0. The van der Waals surface area contributed by atoms with Crippen LogP contribution in [0.3, 0.4) is 0 Å². The first-order valence-corrected chi connectivity index (χ1v) is 6.64. The van der Waals surface area contributed by atoms with Gasteiger partial charge in [0, 0.05) is 10.9 Å². The summed E-state index contributed by atoms with van der Waals surface area (Å²) in [6, 6.07) is 8.08. The summed E-state index contributed by atoms with van der Waals surface area (Å²) >= 11 is 1.71. The van der Waals surface area contributed by atoms with E-state index >= 15 is 0 Å². The van der Waals surface area contributed by atoms with E-state index in [4.69, 9.17) is 5.73 Å². The molecule has 0 fully saturated rings. The van der Waals surface area contributed by atoms with Crippen molar-refractivity contribution in [2.24, 2.45) is 5.73 Å². The highest BCUT2D eigenvalue weighted by molar-refractivity contribution is 7.17. The number of fused-ring (bicyclic) bond motifs is 1. The van der Waals surface area contributed by atoms with Gasteiger partial charge in [-0.1, -0.05) is 18.2 Å². The van der Waals surface area contributed by atoms with E-state index < -0.39 is 0 Å². The molecule has 0 saturated heterocycles. The lowest BCUT2D eigenvalue weighted by Crippen LogP contribution is -2.14. The van der Waals surface area contributed by atoms with Crippen molar-refractivity contribution in [2.75, 3.05) is 0 Å². The molecule has 1 unspecified atom stereocenters. The SMILES string of the molecule is Cc1cnc(C(N)c2cccc3ccsc23)cn1. The van der Waals surface area contributed by atoms with Crippen LogP contribution in [0.2, 0.25) is 0 Å². The van der Waals surface area contributed by atoms with Gasteiger partial charge in [-0.2, -0.15) is 0 Å². The van der Waals surface area contributed by atoms with Crippen molar-refractivity contribution in [3.8, 4) is 0 Å². The number of nitrogens with zero attached hydrogens (tertiary/aromatic N) is 2.